The Kier molecular flexibility index (Phi) is 7.91. The third kappa shape index (κ3) is 6.33. The van der Waals surface area contributed by atoms with Crippen molar-refractivity contribution in [2.45, 2.75) is 52.1 Å². The number of rotatable bonds is 7. The largest absolute Gasteiger partial charge is 0.478 e. The van der Waals surface area contributed by atoms with E-state index in [0.717, 1.165) is 18.7 Å². The molecule has 1 unspecified atom stereocenters. The fourth-order valence-corrected chi connectivity index (χ4v) is 3.42. The monoisotopic (exact) mass is 361 g/mol. The van der Waals surface area contributed by atoms with Gasteiger partial charge in [-0.1, -0.05) is 38.8 Å². The van der Waals surface area contributed by atoms with E-state index in [1.165, 1.54) is 25.7 Å². The molecule has 1 aromatic rings. The smallest absolute Gasteiger partial charge is 0.335 e. The predicted molar refractivity (Wildman–Crippen MR) is 102 cm³/mol. The molecule has 1 saturated heterocycles. The second-order valence-corrected chi connectivity index (χ2v) is 7.33. The summed E-state index contributed by atoms with van der Waals surface area (Å²) >= 11 is 0. The number of urea groups is 1. The number of hydrogen-bond donors (Lipinski definition) is 3. The molecule has 1 aliphatic heterocycles. The summed E-state index contributed by atoms with van der Waals surface area (Å²) in [6, 6.07) is 6.70. The Morgan fingerprint density at radius 1 is 1.04 bits per heavy atom. The van der Waals surface area contributed by atoms with Crippen molar-refractivity contribution >= 4 is 12.0 Å². The van der Waals surface area contributed by atoms with E-state index in [2.05, 4.69) is 29.4 Å². The molecule has 2 rings (SSSR count). The average molecular weight is 361 g/mol. The highest BCUT2D eigenvalue weighted by molar-refractivity contribution is 5.87. The van der Waals surface area contributed by atoms with Gasteiger partial charge in [-0.25, -0.2) is 9.59 Å². The van der Waals surface area contributed by atoms with Crippen LogP contribution in [0.5, 0.6) is 0 Å². The summed E-state index contributed by atoms with van der Waals surface area (Å²) in [5, 5.41) is 14.7. The summed E-state index contributed by atoms with van der Waals surface area (Å²) in [6.07, 6.45) is 5.08. The van der Waals surface area contributed by atoms with Gasteiger partial charge in [0.25, 0.3) is 0 Å². The van der Waals surface area contributed by atoms with Crippen molar-refractivity contribution in [1.29, 1.82) is 0 Å². The maximum atomic E-state index is 12.1. The maximum Gasteiger partial charge on any atom is 0.335 e. The molecule has 26 heavy (non-hydrogen) atoms. The molecule has 1 atom stereocenters. The standard InChI is InChI=1S/C20H31N3O3/c1-15(2)18(23-11-5-3-4-6-12-23)14-22-20(26)21-13-16-7-9-17(10-8-16)19(24)25/h7-10,15,18H,3-6,11-14H2,1-2H3,(H,24,25)(H2,21,22,26). The first kappa shape index (κ1) is 20.2. The van der Waals surface area contributed by atoms with Crippen LogP contribution in [0.4, 0.5) is 4.79 Å². The lowest BCUT2D eigenvalue weighted by Crippen LogP contribution is -2.49. The van der Waals surface area contributed by atoms with Gasteiger partial charge < -0.3 is 15.7 Å². The highest BCUT2D eigenvalue weighted by Crippen LogP contribution is 2.17. The number of carbonyl (C=O) groups excluding carboxylic acids is 1. The molecular formula is C20H31N3O3. The zero-order valence-corrected chi connectivity index (χ0v) is 15.8. The van der Waals surface area contributed by atoms with Crippen molar-refractivity contribution in [2.24, 2.45) is 5.92 Å². The summed E-state index contributed by atoms with van der Waals surface area (Å²) in [5.74, 6) is -0.465. The first-order valence-electron chi connectivity index (χ1n) is 9.55. The minimum atomic E-state index is -0.949. The molecule has 0 bridgehead atoms. The quantitative estimate of drug-likeness (QED) is 0.697. The minimum absolute atomic E-state index is 0.187. The molecule has 0 saturated carbocycles. The Morgan fingerprint density at radius 2 is 1.65 bits per heavy atom. The van der Waals surface area contributed by atoms with Gasteiger partial charge >= 0.3 is 12.0 Å². The predicted octanol–water partition coefficient (Wildman–Crippen LogP) is 3.08. The number of likely N-dealkylation sites (tertiary alicyclic amines) is 1. The van der Waals surface area contributed by atoms with E-state index >= 15 is 0 Å². The molecule has 2 amide bonds. The molecule has 1 fully saturated rings. The number of nitrogens with one attached hydrogen (secondary N) is 2. The summed E-state index contributed by atoms with van der Waals surface area (Å²) in [6.45, 7) is 7.66. The molecule has 1 heterocycles. The molecule has 3 N–H and O–H groups in total. The molecule has 1 aliphatic rings. The summed E-state index contributed by atoms with van der Waals surface area (Å²) in [7, 11) is 0. The molecule has 6 heteroatoms. The Morgan fingerprint density at radius 3 is 2.19 bits per heavy atom. The lowest BCUT2D eigenvalue weighted by molar-refractivity contribution is 0.0697. The van der Waals surface area contributed by atoms with E-state index in [0.29, 0.717) is 25.0 Å². The minimum Gasteiger partial charge on any atom is -0.478 e. The van der Waals surface area contributed by atoms with Crippen LogP contribution in [0.1, 0.15) is 55.5 Å². The molecule has 0 aliphatic carbocycles. The van der Waals surface area contributed by atoms with Crippen LogP contribution in [0.3, 0.4) is 0 Å². The van der Waals surface area contributed by atoms with Crippen molar-refractivity contribution in [3.05, 3.63) is 35.4 Å². The zero-order valence-electron chi connectivity index (χ0n) is 15.8. The van der Waals surface area contributed by atoms with Crippen LogP contribution in [0.2, 0.25) is 0 Å². The van der Waals surface area contributed by atoms with Crippen LogP contribution in [-0.4, -0.2) is 47.7 Å². The van der Waals surface area contributed by atoms with Crippen molar-refractivity contribution in [3.8, 4) is 0 Å². The third-order valence-electron chi connectivity index (χ3n) is 5.00. The fraction of sp³-hybridized carbons (Fsp3) is 0.600. The van der Waals surface area contributed by atoms with E-state index < -0.39 is 5.97 Å². The number of amides is 2. The van der Waals surface area contributed by atoms with Gasteiger partial charge in [0.2, 0.25) is 0 Å². The summed E-state index contributed by atoms with van der Waals surface area (Å²) in [4.78, 5) is 25.5. The van der Waals surface area contributed by atoms with Crippen molar-refractivity contribution in [3.63, 3.8) is 0 Å². The van der Waals surface area contributed by atoms with E-state index in [1.807, 2.05) is 0 Å². The van der Waals surface area contributed by atoms with Crippen LogP contribution < -0.4 is 10.6 Å². The normalized spacial score (nSPS) is 16.7. The topological polar surface area (TPSA) is 81.7 Å². The van der Waals surface area contributed by atoms with Crippen molar-refractivity contribution in [2.75, 3.05) is 19.6 Å². The van der Waals surface area contributed by atoms with Crippen LogP contribution in [0, 0.1) is 5.92 Å². The third-order valence-corrected chi connectivity index (χ3v) is 5.00. The Labute approximate surface area is 156 Å². The summed E-state index contributed by atoms with van der Waals surface area (Å²) in [5.41, 5.74) is 1.12. The second-order valence-electron chi connectivity index (χ2n) is 7.33. The van der Waals surface area contributed by atoms with Gasteiger partial charge in [0.15, 0.2) is 0 Å². The molecular weight excluding hydrogens is 330 g/mol. The van der Waals surface area contributed by atoms with E-state index in [-0.39, 0.29) is 11.6 Å². The number of hydrogen-bond acceptors (Lipinski definition) is 3. The highest BCUT2D eigenvalue weighted by Gasteiger charge is 2.23. The molecule has 144 valence electrons. The molecule has 0 spiro atoms. The number of aromatic carboxylic acids is 1. The van der Waals surface area contributed by atoms with Gasteiger partial charge in [-0.05, 0) is 49.5 Å². The Bertz CT molecular complexity index is 578. The SMILES string of the molecule is CC(C)C(CNC(=O)NCc1ccc(C(=O)O)cc1)N1CCCCCC1. The number of nitrogens with zero attached hydrogens (tertiary/aromatic N) is 1. The Balaban J connectivity index is 1.79. The second kappa shape index (κ2) is 10.2. The maximum absolute atomic E-state index is 12.1. The van der Waals surface area contributed by atoms with Crippen LogP contribution in [0.25, 0.3) is 0 Å². The van der Waals surface area contributed by atoms with Crippen LogP contribution in [0.15, 0.2) is 24.3 Å². The zero-order chi connectivity index (χ0) is 18.9. The van der Waals surface area contributed by atoms with Gasteiger partial charge in [0.05, 0.1) is 5.56 Å². The van der Waals surface area contributed by atoms with Gasteiger partial charge in [-0.2, -0.15) is 0 Å². The van der Waals surface area contributed by atoms with Crippen LogP contribution >= 0.6 is 0 Å². The number of carboxylic acids is 1. The van der Waals surface area contributed by atoms with Gasteiger partial charge in [-0.3, -0.25) is 4.90 Å². The number of carboxylic acid groups (broad SMARTS) is 1. The first-order valence-corrected chi connectivity index (χ1v) is 9.55. The lowest BCUT2D eigenvalue weighted by atomic mass is 10.0. The van der Waals surface area contributed by atoms with Crippen molar-refractivity contribution in [1.82, 2.24) is 15.5 Å². The van der Waals surface area contributed by atoms with Gasteiger partial charge in [-0.15, -0.1) is 0 Å². The van der Waals surface area contributed by atoms with Gasteiger partial charge in [0.1, 0.15) is 0 Å². The van der Waals surface area contributed by atoms with Crippen molar-refractivity contribution < 1.29 is 14.7 Å². The highest BCUT2D eigenvalue weighted by atomic mass is 16.4. The summed E-state index contributed by atoms with van der Waals surface area (Å²) < 4.78 is 0. The first-order chi connectivity index (χ1) is 12.5. The van der Waals surface area contributed by atoms with E-state index in [9.17, 15) is 9.59 Å². The molecule has 0 aromatic heterocycles. The van der Waals surface area contributed by atoms with E-state index in [4.69, 9.17) is 5.11 Å². The average Bonchev–Trinajstić information content (AvgIpc) is 2.89. The molecule has 0 radical (unpaired) electrons. The molecule has 6 nitrogen and oxygen atoms in total. The Hall–Kier alpha value is -2.08. The lowest BCUT2D eigenvalue weighted by Gasteiger charge is -2.33. The number of benzene rings is 1. The number of carbonyl (C=O) groups is 2. The van der Waals surface area contributed by atoms with Crippen LogP contribution in [-0.2, 0) is 6.54 Å². The molecule has 1 aromatic carbocycles. The fourth-order valence-electron chi connectivity index (χ4n) is 3.42. The van der Waals surface area contributed by atoms with Gasteiger partial charge in [0, 0.05) is 19.1 Å². The van der Waals surface area contributed by atoms with E-state index in [1.54, 1.807) is 24.3 Å².